The molecule has 0 amide bonds. The Labute approximate surface area is 118 Å². The third-order valence-electron chi connectivity index (χ3n) is 3.06. The minimum absolute atomic E-state index is 0.272. The number of nitrogens with zero attached hydrogens (tertiary/aromatic N) is 2. The van der Waals surface area contributed by atoms with Crippen LogP contribution in [0.1, 0.15) is 30.7 Å². The van der Waals surface area contributed by atoms with Gasteiger partial charge in [-0.3, -0.25) is 0 Å². The Balaban J connectivity index is 3.17. The van der Waals surface area contributed by atoms with Crippen LogP contribution in [0.4, 0.5) is 19.0 Å². The molecule has 3 nitrogen and oxygen atoms in total. The fourth-order valence-electron chi connectivity index (χ4n) is 2.13. The van der Waals surface area contributed by atoms with Crippen LogP contribution in [0.3, 0.4) is 0 Å². The van der Waals surface area contributed by atoms with Gasteiger partial charge in [-0.05, 0) is 38.9 Å². The summed E-state index contributed by atoms with van der Waals surface area (Å²) in [6.45, 7) is 7.97. The van der Waals surface area contributed by atoms with Gasteiger partial charge < -0.3 is 10.2 Å². The van der Waals surface area contributed by atoms with E-state index in [0.29, 0.717) is 12.4 Å². The summed E-state index contributed by atoms with van der Waals surface area (Å²) < 4.78 is 38.0. The topological polar surface area (TPSA) is 28.2 Å². The summed E-state index contributed by atoms with van der Waals surface area (Å²) in [5.74, 6) is 0.434. The lowest BCUT2D eigenvalue weighted by atomic mass is 10.1. The Kier molecular flexibility index (Phi) is 5.80. The van der Waals surface area contributed by atoms with E-state index in [9.17, 15) is 13.2 Å². The number of anilines is 1. The zero-order valence-electron chi connectivity index (χ0n) is 12.4. The van der Waals surface area contributed by atoms with Crippen LogP contribution < -0.4 is 10.2 Å². The number of hydrogen-bond donors (Lipinski definition) is 1. The molecule has 1 rings (SSSR count). The molecule has 1 aromatic rings. The smallest absolute Gasteiger partial charge is 0.348 e. The monoisotopic (exact) mass is 289 g/mol. The zero-order valence-corrected chi connectivity index (χ0v) is 12.4. The summed E-state index contributed by atoms with van der Waals surface area (Å²) in [5.41, 5.74) is 2.54. The molecule has 1 heterocycles. The second-order valence-corrected chi connectivity index (χ2v) is 4.79. The van der Waals surface area contributed by atoms with E-state index < -0.39 is 12.7 Å². The van der Waals surface area contributed by atoms with Crippen LogP contribution in [-0.2, 0) is 6.54 Å². The number of aryl methyl sites for hydroxylation is 2. The van der Waals surface area contributed by atoms with Crippen molar-refractivity contribution in [1.29, 1.82) is 0 Å². The second kappa shape index (κ2) is 6.92. The van der Waals surface area contributed by atoms with E-state index in [1.54, 1.807) is 13.8 Å². The third kappa shape index (κ3) is 4.67. The highest BCUT2D eigenvalue weighted by molar-refractivity contribution is 5.51. The average molecular weight is 289 g/mol. The Morgan fingerprint density at radius 1 is 1.25 bits per heavy atom. The van der Waals surface area contributed by atoms with Crippen LogP contribution in [0.5, 0.6) is 0 Å². The van der Waals surface area contributed by atoms with Crippen LogP contribution in [0, 0.1) is 13.8 Å². The van der Waals surface area contributed by atoms with Crippen molar-refractivity contribution in [2.75, 3.05) is 24.5 Å². The lowest BCUT2D eigenvalue weighted by molar-refractivity contribution is -0.119. The molecule has 0 fully saturated rings. The maximum absolute atomic E-state index is 12.7. The second-order valence-electron chi connectivity index (χ2n) is 4.79. The summed E-state index contributed by atoms with van der Waals surface area (Å²) in [4.78, 5) is 5.61. The quantitative estimate of drug-likeness (QED) is 0.871. The fourth-order valence-corrected chi connectivity index (χ4v) is 2.13. The molecule has 0 spiro atoms. The van der Waals surface area contributed by atoms with E-state index >= 15 is 0 Å². The van der Waals surface area contributed by atoms with Gasteiger partial charge in [0.05, 0.1) is 0 Å². The molecule has 0 atom stereocenters. The van der Waals surface area contributed by atoms with Gasteiger partial charge in [-0.25, -0.2) is 4.98 Å². The van der Waals surface area contributed by atoms with Crippen molar-refractivity contribution in [2.45, 2.75) is 40.4 Å². The van der Waals surface area contributed by atoms with Crippen molar-refractivity contribution in [2.24, 2.45) is 0 Å². The van der Waals surface area contributed by atoms with Gasteiger partial charge in [-0.2, -0.15) is 13.2 Å². The maximum atomic E-state index is 12.7. The first-order chi connectivity index (χ1) is 9.28. The molecule has 0 saturated heterocycles. The Morgan fingerprint density at radius 2 is 1.90 bits per heavy atom. The Bertz CT molecular complexity index is 444. The minimum atomic E-state index is -4.23. The summed E-state index contributed by atoms with van der Waals surface area (Å²) in [6.07, 6.45) is -4.23. The SMILES string of the molecule is CCNCc1c(C)cc(C)nc1N(CC)CC(F)(F)F. The highest BCUT2D eigenvalue weighted by Gasteiger charge is 2.31. The zero-order chi connectivity index (χ0) is 15.3. The molecule has 1 aromatic heterocycles. The van der Waals surface area contributed by atoms with Crippen LogP contribution in [0.15, 0.2) is 6.07 Å². The number of hydrogen-bond acceptors (Lipinski definition) is 3. The third-order valence-corrected chi connectivity index (χ3v) is 3.06. The molecule has 0 aliphatic rings. The van der Waals surface area contributed by atoms with E-state index in [-0.39, 0.29) is 6.54 Å². The first kappa shape index (κ1) is 16.8. The van der Waals surface area contributed by atoms with Gasteiger partial charge in [0, 0.05) is 24.3 Å². The number of aromatic nitrogens is 1. The van der Waals surface area contributed by atoms with Gasteiger partial charge in [0.2, 0.25) is 0 Å². The maximum Gasteiger partial charge on any atom is 0.405 e. The molecule has 6 heteroatoms. The van der Waals surface area contributed by atoms with Crippen LogP contribution in [0.25, 0.3) is 0 Å². The van der Waals surface area contributed by atoms with E-state index in [1.165, 1.54) is 4.90 Å². The Morgan fingerprint density at radius 3 is 2.40 bits per heavy atom. The van der Waals surface area contributed by atoms with Crippen molar-refractivity contribution in [3.8, 4) is 0 Å². The van der Waals surface area contributed by atoms with E-state index in [2.05, 4.69) is 10.3 Å². The van der Waals surface area contributed by atoms with Crippen molar-refractivity contribution >= 4 is 5.82 Å². The van der Waals surface area contributed by atoms with Gasteiger partial charge in [0.25, 0.3) is 0 Å². The minimum Gasteiger partial charge on any atom is -0.348 e. The molecule has 0 aliphatic heterocycles. The summed E-state index contributed by atoms with van der Waals surface area (Å²) in [5, 5.41) is 3.16. The summed E-state index contributed by atoms with van der Waals surface area (Å²) in [7, 11) is 0. The predicted octanol–water partition coefficient (Wildman–Crippen LogP) is 3.20. The molecule has 0 saturated carbocycles. The first-order valence-electron chi connectivity index (χ1n) is 6.78. The van der Waals surface area contributed by atoms with E-state index in [1.807, 2.05) is 19.9 Å². The van der Waals surface area contributed by atoms with Crippen molar-refractivity contribution in [3.05, 3.63) is 22.9 Å². The van der Waals surface area contributed by atoms with Gasteiger partial charge in [0.1, 0.15) is 12.4 Å². The molecule has 114 valence electrons. The average Bonchev–Trinajstić information content (AvgIpc) is 2.33. The molecule has 0 aromatic carbocycles. The highest BCUT2D eigenvalue weighted by atomic mass is 19.4. The molecule has 0 radical (unpaired) electrons. The van der Waals surface area contributed by atoms with E-state index in [4.69, 9.17) is 0 Å². The lowest BCUT2D eigenvalue weighted by Crippen LogP contribution is -2.36. The van der Waals surface area contributed by atoms with E-state index in [0.717, 1.165) is 23.4 Å². The van der Waals surface area contributed by atoms with Gasteiger partial charge in [-0.15, -0.1) is 0 Å². The fraction of sp³-hybridized carbons (Fsp3) is 0.643. The van der Waals surface area contributed by atoms with Gasteiger partial charge >= 0.3 is 6.18 Å². The highest BCUT2D eigenvalue weighted by Crippen LogP contribution is 2.26. The molecule has 0 aliphatic carbocycles. The number of alkyl halides is 3. The molecule has 0 unspecified atom stereocenters. The van der Waals surface area contributed by atoms with Crippen molar-refractivity contribution in [3.63, 3.8) is 0 Å². The molecule has 1 N–H and O–H groups in total. The first-order valence-corrected chi connectivity index (χ1v) is 6.78. The van der Waals surface area contributed by atoms with Crippen LogP contribution in [-0.4, -0.2) is 30.8 Å². The predicted molar refractivity (Wildman–Crippen MR) is 75.0 cm³/mol. The number of nitrogens with one attached hydrogen (secondary N) is 1. The van der Waals surface area contributed by atoms with Crippen LogP contribution >= 0.6 is 0 Å². The van der Waals surface area contributed by atoms with Gasteiger partial charge in [-0.1, -0.05) is 6.92 Å². The lowest BCUT2D eigenvalue weighted by Gasteiger charge is -2.27. The van der Waals surface area contributed by atoms with Gasteiger partial charge in [0.15, 0.2) is 0 Å². The molecule has 0 bridgehead atoms. The van der Waals surface area contributed by atoms with Crippen molar-refractivity contribution < 1.29 is 13.2 Å². The number of rotatable bonds is 6. The van der Waals surface area contributed by atoms with Crippen LogP contribution in [0.2, 0.25) is 0 Å². The normalized spacial score (nSPS) is 11.8. The molecular weight excluding hydrogens is 267 g/mol. The number of halogens is 3. The molecule has 20 heavy (non-hydrogen) atoms. The largest absolute Gasteiger partial charge is 0.405 e. The standard InChI is InChI=1S/C14H22F3N3/c1-5-18-8-12-10(3)7-11(4)19-13(12)20(6-2)9-14(15,16)17/h7,18H,5-6,8-9H2,1-4H3. The molecular formula is C14H22F3N3. The summed E-state index contributed by atoms with van der Waals surface area (Å²) in [6, 6.07) is 1.90. The van der Waals surface area contributed by atoms with Crippen molar-refractivity contribution in [1.82, 2.24) is 10.3 Å². The Hall–Kier alpha value is -1.30. The number of pyridine rings is 1. The summed E-state index contributed by atoms with van der Waals surface area (Å²) >= 11 is 0.